The molecule has 0 aliphatic rings. The van der Waals surface area contributed by atoms with E-state index >= 15 is 0 Å². The predicted octanol–water partition coefficient (Wildman–Crippen LogP) is 2.81. The van der Waals surface area contributed by atoms with Gasteiger partial charge in [0.05, 0.1) is 11.4 Å². The van der Waals surface area contributed by atoms with Gasteiger partial charge in [0.1, 0.15) is 5.65 Å². The maximum Gasteiger partial charge on any atom is 0.140 e. The fourth-order valence-corrected chi connectivity index (χ4v) is 2.46. The summed E-state index contributed by atoms with van der Waals surface area (Å²) in [7, 11) is 0. The van der Waals surface area contributed by atoms with Gasteiger partial charge >= 0.3 is 0 Å². The Morgan fingerprint density at radius 3 is 2.63 bits per heavy atom. The van der Waals surface area contributed by atoms with E-state index in [1.165, 1.54) is 11.3 Å². The molecule has 3 aromatic rings. The van der Waals surface area contributed by atoms with E-state index in [4.69, 9.17) is 10.7 Å². The Balaban J connectivity index is 2.29. The second-order valence-corrected chi connectivity index (χ2v) is 4.70. The topological polar surface area (TPSA) is 43.3 Å². The Labute approximate surface area is 112 Å². The van der Waals surface area contributed by atoms with E-state index < -0.39 is 0 Å². The van der Waals surface area contributed by atoms with E-state index in [0.717, 1.165) is 23.3 Å². The van der Waals surface area contributed by atoms with Crippen molar-refractivity contribution in [3.8, 4) is 11.3 Å². The van der Waals surface area contributed by atoms with Crippen molar-refractivity contribution < 1.29 is 0 Å². The summed E-state index contributed by atoms with van der Waals surface area (Å²) in [6, 6.07) is 14.4. The van der Waals surface area contributed by atoms with Gasteiger partial charge in [0.15, 0.2) is 0 Å². The first-order chi connectivity index (χ1) is 9.31. The van der Waals surface area contributed by atoms with Crippen LogP contribution in [0.5, 0.6) is 0 Å². The summed E-state index contributed by atoms with van der Waals surface area (Å²) in [6.07, 6.45) is 2.89. The molecular formula is C16H17N3. The van der Waals surface area contributed by atoms with Crippen molar-refractivity contribution in [2.45, 2.75) is 13.3 Å². The Morgan fingerprint density at radius 1 is 1.11 bits per heavy atom. The van der Waals surface area contributed by atoms with Crippen molar-refractivity contribution in [2.75, 3.05) is 6.54 Å². The Bertz CT molecular complexity index is 699. The van der Waals surface area contributed by atoms with Gasteiger partial charge < -0.3 is 10.1 Å². The van der Waals surface area contributed by atoms with Crippen LogP contribution in [-0.4, -0.2) is 15.9 Å². The average Bonchev–Trinajstić information content (AvgIpc) is 2.81. The minimum absolute atomic E-state index is 0.627. The Hall–Kier alpha value is -2.13. The van der Waals surface area contributed by atoms with Crippen molar-refractivity contribution in [2.24, 2.45) is 5.73 Å². The van der Waals surface area contributed by atoms with Crippen LogP contribution in [0.25, 0.3) is 16.9 Å². The Kier molecular flexibility index (Phi) is 3.05. The minimum Gasteiger partial charge on any atom is -0.330 e. The van der Waals surface area contributed by atoms with Gasteiger partial charge in [-0.15, -0.1) is 0 Å². The van der Waals surface area contributed by atoms with Crippen molar-refractivity contribution >= 4 is 5.65 Å². The van der Waals surface area contributed by atoms with Crippen LogP contribution in [0.15, 0.2) is 48.7 Å². The molecule has 0 fully saturated rings. The van der Waals surface area contributed by atoms with Crippen LogP contribution in [0.3, 0.4) is 0 Å². The molecule has 1 aromatic carbocycles. The molecule has 2 heterocycles. The zero-order valence-corrected chi connectivity index (χ0v) is 11.0. The molecule has 3 nitrogen and oxygen atoms in total. The third kappa shape index (κ3) is 2.02. The summed E-state index contributed by atoms with van der Waals surface area (Å²) in [4.78, 5) is 4.81. The number of hydrogen-bond acceptors (Lipinski definition) is 2. The number of benzene rings is 1. The monoisotopic (exact) mass is 251 g/mol. The van der Waals surface area contributed by atoms with Crippen LogP contribution < -0.4 is 5.73 Å². The van der Waals surface area contributed by atoms with Gasteiger partial charge in [-0.25, -0.2) is 4.98 Å². The van der Waals surface area contributed by atoms with Crippen molar-refractivity contribution in [3.05, 3.63) is 59.9 Å². The zero-order valence-electron chi connectivity index (χ0n) is 11.0. The molecule has 19 heavy (non-hydrogen) atoms. The number of aryl methyl sites for hydroxylation is 1. The van der Waals surface area contributed by atoms with Gasteiger partial charge in [0, 0.05) is 18.2 Å². The SMILES string of the molecule is Cc1cccn2c(CCN)c(-c3ccccc3)nc12. The molecule has 0 aliphatic carbocycles. The number of fused-ring (bicyclic) bond motifs is 1. The fraction of sp³-hybridized carbons (Fsp3) is 0.188. The minimum atomic E-state index is 0.627. The largest absolute Gasteiger partial charge is 0.330 e. The van der Waals surface area contributed by atoms with Crippen molar-refractivity contribution in [3.63, 3.8) is 0 Å². The second-order valence-electron chi connectivity index (χ2n) is 4.70. The maximum atomic E-state index is 5.75. The second kappa shape index (κ2) is 4.86. The highest BCUT2D eigenvalue weighted by Gasteiger charge is 2.13. The number of rotatable bonds is 3. The number of nitrogens with two attached hydrogens (primary N) is 1. The first kappa shape index (κ1) is 11.9. The van der Waals surface area contributed by atoms with Crippen LogP contribution in [0.1, 0.15) is 11.3 Å². The number of pyridine rings is 1. The van der Waals surface area contributed by atoms with E-state index in [2.05, 4.69) is 41.8 Å². The van der Waals surface area contributed by atoms with E-state index in [-0.39, 0.29) is 0 Å². The average molecular weight is 251 g/mol. The molecule has 0 atom stereocenters. The predicted molar refractivity (Wildman–Crippen MR) is 78.1 cm³/mol. The van der Waals surface area contributed by atoms with Crippen LogP contribution in [0, 0.1) is 6.92 Å². The summed E-state index contributed by atoms with van der Waals surface area (Å²) in [5.41, 5.74) is 11.3. The molecule has 0 saturated heterocycles. The van der Waals surface area contributed by atoms with Gasteiger partial charge in [0.2, 0.25) is 0 Å². The molecule has 2 N–H and O–H groups in total. The molecule has 0 saturated carbocycles. The molecule has 3 heteroatoms. The first-order valence-corrected chi connectivity index (χ1v) is 6.53. The fourth-order valence-electron chi connectivity index (χ4n) is 2.46. The van der Waals surface area contributed by atoms with Crippen molar-refractivity contribution in [1.29, 1.82) is 0 Å². The molecule has 96 valence electrons. The highest BCUT2D eigenvalue weighted by atomic mass is 15.0. The lowest BCUT2D eigenvalue weighted by molar-refractivity contribution is 0.906. The van der Waals surface area contributed by atoms with Crippen LogP contribution in [0.4, 0.5) is 0 Å². The zero-order chi connectivity index (χ0) is 13.2. The molecule has 2 aromatic heterocycles. The highest BCUT2D eigenvalue weighted by Crippen LogP contribution is 2.25. The lowest BCUT2D eigenvalue weighted by atomic mass is 10.1. The van der Waals surface area contributed by atoms with Gasteiger partial charge in [-0.05, 0) is 25.1 Å². The van der Waals surface area contributed by atoms with Crippen LogP contribution in [-0.2, 0) is 6.42 Å². The van der Waals surface area contributed by atoms with Gasteiger partial charge in [-0.1, -0.05) is 36.4 Å². The van der Waals surface area contributed by atoms with E-state index in [1.54, 1.807) is 0 Å². The summed E-state index contributed by atoms with van der Waals surface area (Å²) < 4.78 is 2.16. The van der Waals surface area contributed by atoms with Gasteiger partial charge in [0.25, 0.3) is 0 Å². The van der Waals surface area contributed by atoms with Crippen LogP contribution >= 0.6 is 0 Å². The summed E-state index contributed by atoms with van der Waals surface area (Å²) in [5, 5.41) is 0. The summed E-state index contributed by atoms with van der Waals surface area (Å²) in [6.45, 7) is 2.71. The van der Waals surface area contributed by atoms with Crippen LogP contribution in [0.2, 0.25) is 0 Å². The normalized spacial score (nSPS) is 11.1. The smallest absolute Gasteiger partial charge is 0.140 e. The quantitative estimate of drug-likeness (QED) is 0.778. The molecule has 3 rings (SSSR count). The van der Waals surface area contributed by atoms with E-state index in [0.29, 0.717) is 6.54 Å². The third-order valence-electron chi connectivity index (χ3n) is 3.37. The van der Waals surface area contributed by atoms with Gasteiger partial charge in [-0.2, -0.15) is 0 Å². The lowest BCUT2D eigenvalue weighted by Crippen LogP contribution is -2.06. The number of hydrogen-bond donors (Lipinski definition) is 1. The lowest BCUT2D eigenvalue weighted by Gasteiger charge is -2.04. The highest BCUT2D eigenvalue weighted by molar-refractivity contribution is 5.67. The standard InChI is InChI=1S/C16H17N3/c1-12-6-5-11-19-14(9-10-17)15(18-16(12)19)13-7-3-2-4-8-13/h2-8,11H,9-10,17H2,1H3. The summed E-state index contributed by atoms with van der Waals surface area (Å²) in [5.74, 6) is 0. The molecule has 0 unspecified atom stereocenters. The first-order valence-electron chi connectivity index (χ1n) is 6.53. The van der Waals surface area contributed by atoms with E-state index in [1.807, 2.05) is 18.2 Å². The number of aromatic nitrogens is 2. The molecule has 0 aliphatic heterocycles. The van der Waals surface area contributed by atoms with E-state index in [9.17, 15) is 0 Å². The molecule has 0 radical (unpaired) electrons. The number of nitrogens with zero attached hydrogens (tertiary/aromatic N) is 2. The third-order valence-corrected chi connectivity index (χ3v) is 3.37. The number of imidazole rings is 1. The van der Waals surface area contributed by atoms with Crippen molar-refractivity contribution in [1.82, 2.24) is 9.38 Å². The van der Waals surface area contributed by atoms with Gasteiger partial charge in [-0.3, -0.25) is 0 Å². The summed E-state index contributed by atoms with van der Waals surface area (Å²) >= 11 is 0. The molecular weight excluding hydrogens is 234 g/mol. The Morgan fingerprint density at radius 2 is 1.89 bits per heavy atom. The molecule has 0 spiro atoms. The molecule has 0 amide bonds. The molecule has 0 bridgehead atoms. The maximum absolute atomic E-state index is 5.75.